The summed E-state index contributed by atoms with van der Waals surface area (Å²) in [4.78, 5) is 24.2. The number of hydrogen-bond donors (Lipinski definition) is 0. The minimum absolute atomic E-state index is 0.0254. The highest BCUT2D eigenvalue weighted by Crippen LogP contribution is 2.12. The van der Waals surface area contributed by atoms with Gasteiger partial charge in [-0.2, -0.15) is 4.99 Å². The minimum atomic E-state index is -0.242. The molecule has 0 unspecified atom stereocenters. The molecule has 2 heterocycles. The number of amidine groups is 1. The van der Waals surface area contributed by atoms with Crippen LogP contribution in [0, 0.1) is 0 Å². The van der Waals surface area contributed by atoms with Crippen LogP contribution in [0.25, 0.3) is 0 Å². The Balaban J connectivity index is 1.88. The zero-order valence-corrected chi connectivity index (χ0v) is 10.6. The largest absolute Gasteiger partial charge is 0.436 e. The second kappa shape index (κ2) is 5.44. The Kier molecular flexibility index (Phi) is 3.33. The number of aromatic nitrogens is 1. The summed E-state index contributed by atoms with van der Waals surface area (Å²) >= 11 is 0. The summed E-state index contributed by atoms with van der Waals surface area (Å²) in [5, 5.41) is 0. The molecule has 98 valence electrons. The topological polar surface area (TPSA) is 63.9 Å². The fraction of sp³-hybridized carbons (Fsp3) is 0.0667. The Hall–Kier alpha value is -2.82. The van der Waals surface area contributed by atoms with Crippen molar-refractivity contribution in [2.24, 2.45) is 9.98 Å². The van der Waals surface area contributed by atoms with Gasteiger partial charge in [0.1, 0.15) is 18.0 Å². The van der Waals surface area contributed by atoms with Gasteiger partial charge in [0.05, 0.1) is 0 Å². The molecule has 0 saturated heterocycles. The van der Waals surface area contributed by atoms with E-state index in [0.717, 1.165) is 0 Å². The van der Waals surface area contributed by atoms with Crippen molar-refractivity contribution in [3.05, 3.63) is 60.4 Å². The summed E-state index contributed by atoms with van der Waals surface area (Å²) in [5.41, 5.74) is 0.620. The molecule has 1 aromatic carbocycles. The van der Waals surface area contributed by atoms with Crippen molar-refractivity contribution in [2.75, 3.05) is 6.54 Å². The average Bonchev–Trinajstić information content (AvgIpc) is 2.51. The number of benzene rings is 1. The van der Waals surface area contributed by atoms with Crippen LogP contribution >= 0.6 is 0 Å². The third-order valence-electron chi connectivity index (χ3n) is 2.67. The van der Waals surface area contributed by atoms with Crippen LogP contribution in [0.3, 0.4) is 0 Å². The summed E-state index contributed by atoms with van der Waals surface area (Å²) in [6, 6.07) is 14.5. The number of pyridine rings is 1. The van der Waals surface area contributed by atoms with E-state index < -0.39 is 0 Å². The lowest BCUT2D eigenvalue weighted by molar-refractivity contribution is -0.112. The molecule has 1 aliphatic heterocycles. The molecule has 0 fully saturated rings. The van der Waals surface area contributed by atoms with E-state index in [1.807, 2.05) is 30.3 Å². The van der Waals surface area contributed by atoms with Crippen molar-refractivity contribution in [1.82, 2.24) is 4.98 Å². The molecule has 0 N–H and O–H groups in total. The number of ether oxygens (including phenoxy) is 1. The average molecular weight is 265 g/mol. The first kappa shape index (κ1) is 12.2. The molecule has 2 aromatic rings. The SMILES string of the molecule is O=C1CN=C(c2ccccn2)N=C1Oc1ccccc1. The maximum atomic E-state index is 11.8. The molecule has 0 bridgehead atoms. The van der Waals surface area contributed by atoms with Crippen molar-refractivity contribution in [3.8, 4) is 5.75 Å². The highest BCUT2D eigenvalue weighted by Gasteiger charge is 2.21. The standard InChI is InChI=1S/C15H11N3O2/c19-13-10-17-14(12-8-4-5-9-16-12)18-15(13)20-11-6-2-1-3-7-11/h1-9H,10H2. The molecule has 1 aliphatic rings. The van der Waals surface area contributed by atoms with E-state index in [0.29, 0.717) is 17.3 Å². The van der Waals surface area contributed by atoms with Crippen LogP contribution in [0.2, 0.25) is 0 Å². The van der Waals surface area contributed by atoms with E-state index >= 15 is 0 Å². The number of nitrogens with zero attached hydrogens (tertiary/aromatic N) is 3. The van der Waals surface area contributed by atoms with Crippen LogP contribution in [-0.4, -0.2) is 29.0 Å². The van der Waals surface area contributed by atoms with Gasteiger partial charge in [0.15, 0.2) is 5.84 Å². The lowest BCUT2D eigenvalue weighted by Crippen LogP contribution is -2.29. The number of hydrogen-bond acceptors (Lipinski definition) is 5. The number of rotatable bonds is 2. The Morgan fingerprint density at radius 3 is 2.55 bits per heavy atom. The predicted molar refractivity (Wildman–Crippen MR) is 75.2 cm³/mol. The first-order valence-electron chi connectivity index (χ1n) is 6.13. The normalized spacial score (nSPS) is 14.5. The van der Waals surface area contributed by atoms with Gasteiger partial charge in [0.25, 0.3) is 5.90 Å². The zero-order chi connectivity index (χ0) is 13.8. The zero-order valence-electron chi connectivity index (χ0n) is 10.6. The lowest BCUT2D eigenvalue weighted by Gasteiger charge is -2.11. The second-order valence-electron chi connectivity index (χ2n) is 4.11. The van der Waals surface area contributed by atoms with E-state index in [2.05, 4.69) is 15.0 Å². The van der Waals surface area contributed by atoms with Gasteiger partial charge >= 0.3 is 0 Å². The van der Waals surface area contributed by atoms with Crippen molar-refractivity contribution in [2.45, 2.75) is 0 Å². The molecule has 20 heavy (non-hydrogen) atoms. The van der Waals surface area contributed by atoms with E-state index in [-0.39, 0.29) is 18.2 Å². The molecule has 0 atom stereocenters. The van der Waals surface area contributed by atoms with Gasteiger partial charge in [-0.15, -0.1) is 0 Å². The Labute approximate surface area is 115 Å². The molecular formula is C15H11N3O2. The van der Waals surface area contributed by atoms with Crippen molar-refractivity contribution in [3.63, 3.8) is 0 Å². The van der Waals surface area contributed by atoms with E-state index in [9.17, 15) is 4.79 Å². The second-order valence-corrected chi connectivity index (χ2v) is 4.11. The Bertz CT molecular complexity index is 679. The summed E-state index contributed by atoms with van der Waals surface area (Å²) in [6.45, 7) is 0.0254. The number of Topliss-reactive ketones (excluding diaryl/α,β-unsaturated/α-hetero) is 1. The lowest BCUT2D eigenvalue weighted by atomic mass is 10.3. The van der Waals surface area contributed by atoms with E-state index in [1.165, 1.54) is 0 Å². The third-order valence-corrected chi connectivity index (χ3v) is 2.67. The molecule has 3 rings (SSSR count). The molecule has 0 saturated carbocycles. The molecule has 5 heteroatoms. The number of carbonyl (C=O) groups is 1. The fourth-order valence-corrected chi connectivity index (χ4v) is 1.72. The van der Waals surface area contributed by atoms with Crippen LogP contribution in [0.5, 0.6) is 5.75 Å². The number of aliphatic imine (C=N–C) groups is 2. The molecule has 0 aliphatic carbocycles. The maximum Gasteiger partial charge on any atom is 0.267 e. The summed E-state index contributed by atoms with van der Waals surface area (Å²) < 4.78 is 5.51. The maximum absolute atomic E-state index is 11.8. The van der Waals surface area contributed by atoms with Crippen LogP contribution in [0.4, 0.5) is 0 Å². The Morgan fingerprint density at radius 2 is 1.80 bits per heavy atom. The molecule has 5 nitrogen and oxygen atoms in total. The minimum Gasteiger partial charge on any atom is -0.436 e. The molecule has 0 amide bonds. The van der Waals surface area contributed by atoms with E-state index in [1.54, 1.807) is 24.4 Å². The highest BCUT2D eigenvalue weighted by molar-refractivity contribution is 6.41. The molecular weight excluding hydrogens is 254 g/mol. The number of para-hydroxylation sites is 1. The predicted octanol–water partition coefficient (Wildman–Crippen LogP) is 1.89. The van der Waals surface area contributed by atoms with Crippen LogP contribution < -0.4 is 4.74 Å². The fourth-order valence-electron chi connectivity index (χ4n) is 1.72. The molecule has 0 spiro atoms. The smallest absolute Gasteiger partial charge is 0.267 e. The number of carbonyl (C=O) groups excluding carboxylic acids is 1. The van der Waals surface area contributed by atoms with Crippen LogP contribution in [-0.2, 0) is 4.79 Å². The van der Waals surface area contributed by atoms with E-state index in [4.69, 9.17) is 4.74 Å². The molecule has 1 aromatic heterocycles. The summed E-state index contributed by atoms with van der Waals surface area (Å²) in [6.07, 6.45) is 1.65. The van der Waals surface area contributed by atoms with Gasteiger partial charge in [-0.25, -0.2) is 0 Å². The van der Waals surface area contributed by atoms with Crippen LogP contribution in [0.15, 0.2) is 64.7 Å². The van der Waals surface area contributed by atoms with Gasteiger partial charge in [0.2, 0.25) is 5.78 Å². The summed E-state index contributed by atoms with van der Waals surface area (Å²) in [5.74, 6) is 0.790. The number of ketones is 1. The monoisotopic (exact) mass is 265 g/mol. The van der Waals surface area contributed by atoms with Gasteiger partial charge in [-0.1, -0.05) is 24.3 Å². The van der Waals surface area contributed by atoms with Gasteiger partial charge in [0, 0.05) is 6.20 Å². The third kappa shape index (κ3) is 2.61. The van der Waals surface area contributed by atoms with Gasteiger partial charge < -0.3 is 4.74 Å². The molecule has 0 radical (unpaired) electrons. The Morgan fingerprint density at radius 1 is 1.00 bits per heavy atom. The quantitative estimate of drug-likeness (QED) is 0.832. The highest BCUT2D eigenvalue weighted by atomic mass is 16.5. The van der Waals surface area contributed by atoms with Crippen molar-refractivity contribution < 1.29 is 9.53 Å². The van der Waals surface area contributed by atoms with Crippen molar-refractivity contribution >= 4 is 17.5 Å². The summed E-state index contributed by atoms with van der Waals surface area (Å²) in [7, 11) is 0. The van der Waals surface area contributed by atoms with Crippen LogP contribution in [0.1, 0.15) is 5.69 Å². The van der Waals surface area contributed by atoms with Gasteiger partial charge in [-0.3, -0.25) is 14.8 Å². The van der Waals surface area contributed by atoms with Gasteiger partial charge in [-0.05, 0) is 24.3 Å². The first-order valence-corrected chi connectivity index (χ1v) is 6.13. The van der Waals surface area contributed by atoms with Crippen molar-refractivity contribution in [1.29, 1.82) is 0 Å². The first-order chi connectivity index (χ1) is 9.83.